The first-order chi connectivity index (χ1) is 11.6. The topological polar surface area (TPSA) is 81.8 Å². The van der Waals surface area contributed by atoms with Gasteiger partial charge in [0.05, 0.1) is 16.3 Å². The number of nitrogens with two attached hydrogens (primary N) is 1. The van der Waals surface area contributed by atoms with Crippen molar-refractivity contribution in [1.29, 1.82) is 0 Å². The number of thiazole rings is 1. The Morgan fingerprint density at radius 3 is 2.88 bits per heavy atom. The molecule has 7 heteroatoms. The van der Waals surface area contributed by atoms with Gasteiger partial charge in [-0.05, 0) is 36.6 Å². The second kappa shape index (κ2) is 5.77. The van der Waals surface area contributed by atoms with E-state index in [0.717, 1.165) is 36.9 Å². The molecule has 4 rings (SSSR count). The fourth-order valence-electron chi connectivity index (χ4n) is 2.52. The van der Waals surface area contributed by atoms with Crippen LogP contribution in [0.2, 0.25) is 0 Å². The van der Waals surface area contributed by atoms with Crippen LogP contribution in [0.1, 0.15) is 16.2 Å². The van der Waals surface area contributed by atoms with Crippen molar-refractivity contribution in [2.24, 2.45) is 5.73 Å². The van der Waals surface area contributed by atoms with Gasteiger partial charge in [-0.3, -0.25) is 9.78 Å². The van der Waals surface area contributed by atoms with E-state index in [4.69, 9.17) is 5.73 Å². The zero-order valence-corrected chi connectivity index (χ0v) is 14.3. The van der Waals surface area contributed by atoms with Crippen molar-refractivity contribution in [2.45, 2.75) is 6.92 Å². The number of pyridine rings is 2. The number of carbonyl (C=O) groups excluding carboxylic acids is 1. The van der Waals surface area contributed by atoms with Crippen LogP contribution in [0.5, 0.6) is 0 Å². The molecule has 0 spiro atoms. The summed E-state index contributed by atoms with van der Waals surface area (Å²) in [4.78, 5) is 25.9. The largest absolute Gasteiger partial charge is 0.364 e. The summed E-state index contributed by atoms with van der Waals surface area (Å²) in [5.41, 5.74) is 8.37. The van der Waals surface area contributed by atoms with E-state index >= 15 is 0 Å². The van der Waals surface area contributed by atoms with E-state index in [1.807, 2.05) is 36.6 Å². The number of thiophene rings is 1. The maximum Gasteiger partial charge on any atom is 0.268 e. The van der Waals surface area contributed by atoms with E-state index in [-0.39, 0.29) is 0 Å². The zero-order valence-electron chi connectivity index (χ0n) is 12.7. The fourth-order valence-corrected chi connectivity index (χ4v) is 4.36. The lowest BCUT2D eigenvalue weighted by molar-refractivity contribution is 0.0997. The minimum absolute atomic E-state index is 0.305. The molecule has 0 fully saturated rings. The van der Waals surface area contributed by atoms with Gasteiger partial charge in [0.25, 0.3) is 5.91 Å². The van der Waals surface area contributed by atoms with Crippen LogP contribution in [0.4, 0.5) is 0 Å². The maximum atomic E-state index is 11.8. The van der Waals surface area contributed by atoms with Crippen molar-refractivity contribution in [3.05, 3.63) is 53.4 Å². The van der Waals surface area contributed by atoms with Crippen LogP contribution in [-0.4, -0.2) is 20.9 Å². The molecule has 4 aromatic heterocycles. The van der Waals surface area contributed by atoms with Crippen molar-refractivity contribution in [1.82, 2.24) is 15.0 Å². The molecule has 0 bridgehead atoms. The van der Waals surface area contributed by atoms with E-state index in [1.165, 1.54) is 11.3 Å². The number of primary amides is 1. The minimum Gasteiger partial charge on any atom is -0.364 e. The van der Waals surface area contributed by atoms with Crippen LogP contribution in [0, 0.1) is 6.92 Å². The summed E-state index contributed by atoms with van der Waals surface area (Å²) >= 11 is 3.10. The number of aromatic nitrogens is 3. The number of nitrogens with zero attached hydrogens (tertiary/aromatic N) is 3. The van der Waals surface area contributed by atoms with Gasteiger partial charge in [-0.2, -0.15) is 0 Å². The van der Waals surface area contributed by atoms with Crippen molar-refractivity contribution in [3.8, 4) is 21.1 Å². The van der Waals surface area contributed by atoms with Crippen LogP contribution >= 0.6 is 22.7 Å². The number of rotatable bonds is 3. The van der Waals surface area contributed by atoms with Crippen molar-refractivity contribution >= 4 is 38.7 Å². The van der Waals surface area contributed by atoms with Gasteiger partial charge in [0.2, 0.25) is 0 Å². The van der Waals surface area contributed by atoms with Gasteiger partial charge in [-0.25, -0.2) is 9.97 Å². The Labute approximate surface area is 145 Å². The van der Waals surface area contributed by atoms with E-state index in [9.17, 15) is 4.79 Å². The molecule has 0 saturated heterocycles. The van der Waals surface area contributed by atoms with Gasteiger partial charge in [-0.1, -0.05) is 0 Å². The Morgan fingerprint density at radius 2 is 2.12 bits per heavy atom. The highest BCUT2D eigenvalue weighted by atomic mass is 32.1. The molecule has 24 heavy (non-hydrogen) atoms. The number of amides is 1. The number of hydrogen-bond donors (Lipinski definition) is 1. The molecule has 118 valence electrons. The first-order valence-corrected chi connectivity index (χ1v) is 8.89. The van der Waals surface area contributed by atoms with E-state index < -0.39 is 5.91 Å². The molecule has 0 aliphatic rings. The Morgan fingerprint density at radius 1 is 1.25 bits per heavy atom. The Balaban J connectivity index is 1.89. The average Bonchev–Trinajstić information content (AvgIpc) is 3.20. The highest BCUT2D eigenvalue weighted by molar-refractivity contribution is 7.19. The van der Waals surface area contributed by atoms with Crippen LogP contribution in [-0.2, 0) is 0 Å². The zero-order chi connectivity index (χ0) is 16.7. The van der Waals surface area contributed by atoms with Crippen LogP contribution in [0.15, 0.2) is 42.0 Å². The first kappa shape index (κ1) is 14.9. The molecule has 0 aliphatic heterocycles. The van der Waals surface area contributed by atoms with E-state index in [0.29, 0.717) is 5.69 Å². The van der Waals surface area contributed by atoms with Crippen LogP contribution < -0.4 is 5.73 Å². The molecule has 0 saturated carbocycles. The molecule has 4 heterocycles. The molecule has 0 unspecified atom stereocenters. The maximum absolute atomic E-state index is 11.8. The van der Waals surface area contributed by atoms with Crippen molar-refractivity contribution in [3.63, 3.8) is 0 Å². The number of carbonyl (C=O) groups is 1. The van der Waals surface area contributed by atoms with Crippen molar-refractivity contribution in [2.75, 3.05) is 0 Å². The molecule has 2 N–H and O–H groups in total. The molecule has 0 radical (unpaired) electrons. The molecule has 1 amide bonds. The Bertz CT molecular complexity index is 1050. The molecule has 0 atom stereocenters. The second-order valence-corrected chi connectivity index (χ2v) is 7.17. The summed E-state index contributed by atoms with van der Waals surface area (Å²) in [7, 11) is 0. The normalized spacial score (nSPS) is 11.0. The number of aryl methyl sites for hydroxylation is 1. The van der Waals surface area contributed by atoms with E-state index in [2.05, 4.69) is 15.0 Å². The molecule has 0 aromatic carbocycles. The third-order valence-electron chi connectivity index (χ3n) is 3.62. The second-order valence-electron chi connectivity index (χ2n) is 5.23. The summed E-state index contributed by atoms with van der Waals surface area (Å²) in [5.74, 6) is -0.519. The minimum atomic E-state index is -0.519. The molecule has 0 aliphatic carbocycles. The quantitative estimate of drug-likeness (QED) is 0.606. The molecule has 4 aromatic rings. The molecule has 5 nitrogen and oxygen atoms in total. The van der Waals surface area contributed by atoms with E-state index in [1.54, 1.807) is 23.7 Å². The van der Waals surface area contributed by atoms with Gasteiger partial charge >= 0.3 is 0 Å². The third-order valence-corrected chi connectivity index (χ3v) is 5.71. The summed E-state index contributed by atoms with van der Waals surface area (Å²) in [6, 6.07) is 7.71. The van der Waals surface area contributed by atoms with Crippen LogP contribution in [0.25, 0.3) is 31.2 Å². The third kappa shape index (κ3) is 2.47. The van der Waals surface area contributed by atoms with Gasteiger partial charge in [0, 0.05) is 28.0 Å². The fraction of sp³-hybridized carbons (Fsp3) is 0.0588. The highest BCUT2D eigenvalue weighted by Gasteiger charge is 2.17. The predicted octanol–water partition coefficient (Wildman–Crippen LogP) is 3.89. The van der Waals surface area contributed by atoms with Gasteiger partial charge in [0.1, 0.15) is 10.7 Å². The monoisotopic (exact) mass is 352 g/mol. The smallest absolute Gasteiger partial charge is 0.268 e. The molecular weight excluding hydrogens is 340 g/mol. The lowest BCUT2D eigenvalue weighted by Crippen LogP contribution is -2.13. The lowest BCUT2D eigenvalue weighted by Gasteiger charge is -2.03. The standard InChI is InChI=1S/C17H12N4OS2/c1-9-15(24-17(20-9)10-3-2-5-19-8-10)12-7-13-11(4-6-23-13)14(21-12)16(18)22/h2-8H,1H3,(H2,18,22). The molecular formula is C17H12N4OS2. The average molecular weight is 352 g/mol. The first-order valence-electron chi connectivity index (χ1n) is 7.20. The van der Waals surface area contributed by atoms with Crippen LogP contribution in [0.3, 0.4) is 0 Å². The summed E-state index contributed by atoms with van der Waals surface area (Å²) in [6.07, 6.45) is 3.52. The van der Waals surface area contributed by atoms with Gasteiger partial charge in [-0.15, -0.1) is 22.7 Å². The predicted molar refractivity (Wildman–Crippen MR) is 97.2 cm³/mol. The van der Waals surface area contributed by atoms with Crippen molar-refractivity contribution < 1.29 is 4.79 Å². The van der Waals surface area contributed by atoms with Gasteiger partial charge < -0.3 is 5.73 Å². The SMILES string of the molecule is Cc1nc(-c2cccnc2)sc1-c1cc2sccc2c(C(N)=O)n1. The summed E-state index contributed by atoms with van der Waals surface area (Å²) in [5, 5.41) is 3.61. The Hall–Kier alpha value is -2.64. The summed E-state index contributed by atoms with van der Waals surface area (Å²) < 4.78 is 0.990. The number of hydrogen-bond acceptors (Lipinski definition) is 6. The highest BCUT2D eigenvalue weighted by Crippen LogP contribution is 2.36. The lowest BCUT2D eigenvalue weighted by atomic mass is 10.2. The van der Waals surface area contributed by atoms with Gasteiger partial charge in [0.15, 0.2) is 0 Å². The summed E-state index contributed by atoms with van der Waals surface area (Å²) in [6.45, 7) is 1.94. The number of fused-ring (bicyclic) bond motifs is 1. The Kier molecular flexibility index (Phi) is 3.59.